The largest absolute Gasteiger partial charge is 0.609 e. The Morgan fingerprint density at radius 3 is 2.95 bits per heavy atom. The second kappa shape index (κ2) is 4.91. The SMILES string of the molecule is [O-][S+](Cc1ccccn1)c1nc2ccc(O)cc2[nH]1. The Morgan fingerprint density at radius 2 is 2.16 bits per heavy atom. The van der Waals surface area contributed by atoms with Gasteiger partial charge in [0.05, 0.1) is 16.7 Å². The average molecular weight is 273 g/mol. The fourth-order valence-corrected chi connectivity index (χ4v) is 2.77. The van der Waals surface area contributed by atoms with Crippen molar-refractivity contribution in [1.29, 1.82) is 0 Å². The van der Waals surface area contributed by atoms with Gasteiger partial charge in [0.25, 0.3) is 0 Å². The number of benzene rings is 1. The Kier molecular flexibility index (Phi) is 3.10. The van der Waals surface area contributed by atoms with E-state index in [1.165, 1.54) is 0 Å². The zero-order valence-corrected chi connectivity index (χ0v) is 10.7. The van der Waals surface area contributed by atoms with Crippen molar-refractivity contribution in [3.63, 3.8) is 0 Å². The molecule has 1 aromatic carbocycles. The van der Waals surface area contributed by atoms with Crippen LogP contribution in [-0.2, 0) is 16.9 Å². The van der Waals surface area contributed by atoms with E-state index in [1.807, 2.05) is 18.2 Å². The van der Waals surface area contributed by atoms with Crippen molar-refractivity contribution in [1.82, 2.24) is 15.0 Å². The molecule has 5 nitrogen and oxygen atoms in total. The summed E-state index contributed by atoms with van der Waals surface area (Å²) >= 11 is -1.28. The van der Waals surface area contributed by atoms with Crippen molar-refractivity contribution in [2.24, 2.45) is 0 Å². The Labute approximate surface area is 112 Å². The molecule has 0 amide bonds. The molecular formula is C13H11N3O2S. The molecule has 1 unspecified atom stereocenters. The number of imidazole rings is 1. The molecule has 0 saturated heterocycles. The van der Waals surface area contributed by atoms with Crippen molar-refractivity contribution >= 4 is 22.2 Å². The monoisotopic (exact) mass is 273 g/mol. The number of pyridine rings is 1. The van der Waals surface area contributed by atoms with Crippen molar-refractivity contribution < 1.29 is 9.66 Å². The van der Waals surface area contributed by atoms with Gasteiger partial charge in [0.15, 0.2) is 5.75 Å². The number of phenols is 1. The van der Waals surface area contributed by atoms with Gasteiger partial charge < -0.3 is 9.66 Å². The van der Waals surface area contributed by atoms with Gasteiger partial charge in [-0.25, -0.2) is 0 Å². The number of H-pyrrole nitrogens is 1. The summed E-state index contributed by atoms with van der Waals surface area (Å²) in [6, 6.07) is 10.3. The number of fused-ring (bicyclic) bond motifs is 1. The number of hydrogen-bond donors (Lipinski definition) is 2. The van der Waals surface area contributed by atoms with Crippen LogP contribution in [0.5, 0.6) is 5.75 Å². The molecule has 0 saturated carbocycles. The summed E-state index contributed by atoms with van der Waals surface area (Å²) in [4.78, 5) is 11.4. The minimum absolute atomic E-state index is 0.151. The predicted molar refractivity (Wildman–Crippen MR) is 72.1 cm³/mol. The minimum atomic E-state index is -1.28. The average Bonchev–Trinajstić information content (AvgIpc) is 2.83. The van der Waals surface area contributed by atoms with Crippen LogP contribution in [-0.4, -0.2) is 24.6 Å². The molecule has 0 radical (unpaired) electrons. The number of aromatic nitrogens is 3. The molecule has 0 aliphatic heterocycles. The van der Waals surface area contributed by atoms with Gasteiger partial charge in [-0.3, -0.25) is 9.97 Å². The molecule has 0 spiro atoms. The van der Waals surface area contributed by atoms with Gasteiger partial charge in [-0.15, -0.1) is 0 Å². The number of rotatable bonds is 3. The zero-order chi connectivity index (χ0) is 13.2. The lowest BCUT2D eigenvalue weighted by Crippen LogP contribution is -2.07. The highest BCUT2D eigenvalue weighted by Gasteiger charge is 2.17. The third kappa shape index (κ3) is 2.54. The molecule has 6 heteroatoms. The number of hydrogen-bond acceptors (Lipinski definition) is 4. The highest BCUT2D eigenvalue weighted by atomic mass is 32.2. The van der Waals surface area contributed by atoms with Crippen molar-refractivity contribution in [3.05, 3.63) is 48.3 Å². The van der Waals surface area contributed by atoms with Crippen LogP contribution in [0.2, 0.25) is 0 Å². The van der Waals surface area contributed by atoms with Crippen LogP contribution in [0.25, 0.3) is 11.0 Å². The Bertz CT molecular complexity index is 699. The molecule has 3 rings (SSSR count). The second-order valence-electron chi connectivity index (χ2n) is 4.05. The van der Waals surface area contributed by atoms with Crippen LogP contribution in [0.4, 0.5) is 0 Å². The number of nitrogens with zero attached hydrogens (tertiary/aromatic N) is 2. The van der Waals surface area contributed by atoms with E-state index in [0.717, 1.165) is 5.69 Å². The predicted octanol–water partition coefficient (Wildman–Crippen LogP) is 1.97. The lowest BCUT2D eigenvalue weighted by molar-refractivity contribution is 0.476. The van der Waals surface area contributed by atoms with Crippen LogP contribution in [0.15, 0.2) is 47.8 Å². The summed E-state index contributed by atoms with van der Waals surface area (Å²) in [5.41, 5.74) is 2.11. The summed E-state index contributed by atoms with van der Waals surface area (Å²) in [5.74, 6) is 0.463. The van der Waals surface area contributed by atoms with Crippen LogP contribution in [0.1, 0.15) is 5.69 Å². The zero-order valence-electron chi connectivity index (χ0n) is 9.91. The van der Waals surface area contributed by atoms with E-state index in [1.54, 1.807) is 24.4 Å². The molecule has 0 aliphatic carbocycles. The Hall–Kier alpha value is -2.05. The Balaban J connectivity index is 1.87. The molecule has 2 aromatic heterocycles. The highest BCUT2D eigenvalue weighted by Crippen LogP contribution is 2.21. The van der Waals surface area contributed by atoms with E-state index < -0.39 is 11.2 Å². The van der Waals surface area contributed by atoms with E-state index in [2.05, 4.69) is 15.0 Å². The summed E-state index contributed by atoms with van der Waals surface area (Å²) in [6.45, 7) is 0. The maximum atomic E-state index is 12.2. The van der Waals surface area contributed by atoms with Gasteiger partial charge in [0, 0.05) is 23.4 Å². The van der Waals surface area contributed by atoms with Crippen molar-refractivity contribution in [2.75, 3.05) is 0 Å². The van der Waals surface area contributed by atoms with E-state index in [0.29, 0.717) is 21.9 Å². The van der Waals surface area contributed by atoms with E-state index in [4.69, 9.17) is 0 Å². The van der Waals surface area contributed by atoms with Gasteiger partial charge in [-0.2, -0.15) is 4.98 Å². The van der Waals surface area contributed by atoms with Crippen LogP contribution in [0.3, 0.4) is 0 Å². The van der Waals surface area contributed by atoms with Gasteiger partial charge in [0.1, 0.15) is 5.75 Å². The molecule has 0 fully saturated rings. The molecule has 1 atom stereocenters. The molecule has 2 heterocycles. The van der Waals surface area contributed by atoms with E-state index in [-0.39, 0.29) is 5.75 Å². The molecule has 3 aromatic rings. The quantitative estimate of drug-likeness (QED) is 0.714. The van der Waals surface area contributed by atoms with Gasteiger partial charge >= 0.3 is 5.16 Å². The summed E-state index contributed by atoms with van der Waals surface area (Å²) in [5, 5.41) is 9.77. The van der Waals surface area contributed by atoms with Gasteiger partial charge in [-0.05, 0) is 24.3 Å². The smallest absolute Gasteiger partial charge is 0.322 e. The Morgan fingerprint density at radius 1 is 1.26 bits per heavy atom. The molecular weight excluding hydrogens is 262 g/mol. The lowest BCUT2D eigenvalue weighted by Gasteiger charge is -2.05. The summed E-state index contributed by atoms with van der Waals surface area (Å²) < 4.78 is 12.2. The topological polar surface area (TPSA) is 84.9 Å². The molecule has 0 bridgehead atoms. The van der Waals surface area contributed by atoms with E-state index in [9.17, 15) is 9.66 Å². The fraction of sp³-hybridized carbons (Fsp3) is 0.0769. The van der Waals surface area contributed by atoms with E-state index >= 15 is 0 Å². The first-order valence-electron chi connectivity index (χ1n) is 5.69. The van der Waals surface area contributed by atoms with Gasteiger partial charge in [-0.1, -0.05) is 6.07 Å². The van der Waals surface area contributed by atoms with Crippen LogP contribution < -0.4 is 0 Å². The van der Waals surface area contributed by atoms with Crippen LogP contribution in [0, 0.1) is 0 Å². The second-order valence-corrected chi connectivity index (χ2v) is 5.42. The molecule has 19 heavy (non-hydrogen) atoms. The van der Waals surface area contributed by atoms with Gasteiger partial charge in [0.2, 0.25) is 0 Å². The first-order chi connectivity index (χ1) is 9.22. The maximum Gasteiger partial charge on any atom is 0.322 e. The summed E-state index contributed by atoms with van der Waals surface area (Å²) in [6.07, 6.45) is 1.67. The number of nitrogens with one attached hydrogen (secondary N) is 1. The first-order valence-corrected chi connectivity index (χ1v) is 7.01. The minimum Gasteiger partial charge on any atom is -0.609 e. The number of phenolic OH excluding ortho intramolecular Hbond substituents is 1. The normalized spacial score (nSPS) is 12.7. The van der Waals surface area contributed by atoms with Crippen LogP contribution >= 0.6 is 0 Å². The standard InChI is InChI=1S/C13H11N3O2S/c17-10-4-5-11-12(7-10)16-13(15-11)19(18)8-9-3-1-2-6-14-9/h1-7,17H,8H2,(H,15,16). The lowest BCUT2D eigenvalue weighted by atomic mass is 10.3. The van der Waals surface area contributed by atoms with Crippen molar-refractivity contribution in [2.45, 2.75) is 10.9 Å². The van der Waals surface area contributed by atoms with Crippen molar-refractivity contribution in [3.8, 4) is 5.75 Å². The summed E-state index contributed by atoms with van der Waals surface area (Å²) in [7, 11) is 0. The third-order valence-electron chi connectivity index (χ3n) is 2.66. The number of aromatic amines is 1. The molecule has 96 valence electrons. The first kappa shape index (κ1) is 12.0. The fourth-order valence-electron chi connectivity index (χ4n) is 1.77. The molecule has 0 aliphatic rings. The maximum absolute atomic E-state index is 12.2. The highest BCUT2D eigenvalue weighted by molar-refractivity contribution is 7.90. The molecule has 2 N–H and O–H groups in total. The number of aromatic hydroxyl groups is 1. The third-order valence-corrected chi connectivity index (χ3v) is 3.85.